The van der Waals surface area contributed by atoms with Crippen molar-refractivity contribution in [1.82, 2.24) is 20.3 Å². The van der Waals surface area contributed by atoms with Crippen LogP contribution in [0.2, 0.25) is 5.02 Å². The Bertz CT molecular complexity index is 1010. The van der Waals surface area contributed by atoms with E-state index >= 15 is 0 Å². The number of hydrogen-bond acceptors (Lipinski definition) is 5. The lowest BCUT2D eigenvalue weighted by molar-refractivity contribution is 0.0947. The third-order valence-electron chi connectivity index (χ3n) is 4.42. The van der Waals surface area contributed by atoms with E-state index in [1.54, 1.807) is 12.3 Å². The van der Waals surface area contributed by atoms with Crippen LogP contribution in [0.3, 0.4) is 0 Å². The molecule has 1 amide bonds. The highest BCUT2D eigenvalue weighted by atomic mass is 35.5. The maximum atomic E-state index is 12.5. The van der Waals surface area contributed by atoms with E-state index in [1.165, 1.54) is 0 Å². The van der Waals surface area contributed by atoms with Gasteiger partial charge in [0, 0.05) is 35.6 Å². The summed E-state index contributed by atoms with van der Waals surface area (Å²) in [4.78, 5) is 24.1. The smallest absolute Gasteiger partial charge is 0.255 e. The Labute approximate surface area is 155 Å². The van der Waals surface area contributed by atoms with Crippen LogP contribution in [-0.4, -0.2) is 27.4 Å². The predicted octanol–water partition coefficient (Wildman–Crippen LogP) is 3.05. The second-order valence-electron chi connectivity index (χ2n) is 6.07. The highest BCUT2D eigenvalue weighted by molar-refractivity contribution is 6.31. The number of nitrogens with zero attached hydrogens (tertiary/aromatic N) is 2. The van der Waals surface area contributed by atoms with Gasteiger partial charge in [-0.25, -0.2) is 9.97 Å². The number of nitrogens with two attached hydrogens (primary N) is 1. The highest BCUT2D eigenvalue weighted by Crippen LogP contribution is 2.37. The normalized spacial score (nSPS) is 13.2. The van der Waals surface area contributed by atoms with Crippen LogP contribution in [-0.2, 0) is 6.42 Å². The summed E-state index contributed by atoms with van der Waals surface area (Å²) in [6.45, 7) is 2.51. The Morgan fingerprint density at radius 2 is 2.15 bits per heavy atom. The molecule has 1 aromatic carbocycles. The number of halogens is 1. The fraction of sp³-hybridized carbons (Fsp3) is 0.167. The van der Waals surface area contributed by atoms with Gasteiger partial charge < -0.3 is 21.4 Å². The molecule has 8 heteroatoms. The van der Waals surface area contributed by atoms with Crippen molar-refractivity contribution in [3.8, 4) is 11.4 Å². The van der Waals surface area contributed by atoms with Crippen molar-refractivity contribution in [2.75, 3.05) is 17.6 Å². The Morgan fingerprint density at radius 1 is 1.31 bits per heavy atom. The number of nitrogen functional groups attached to an aromatic ring is 1. The van der Waals surface area contributed by atoms with Gasteiger partial charge in [0.1, 0.15) is 0 Å². The van der Waals surface area contributed by atoms with Crippen molar-refractivity contribution in [2.45, 2.75) is 13.3 Å². The number of rotatable bonds is 3. The highest BCUT2D eigenvalue weighted by Gasteiger charge is 2.27. The van der Waals surface area contributed by atoms with E-state index in [1.807, 2.05) is 25.1 Å². The number of hydrogen-bond donors (Lipinski definition) is 4. The summed E-state index contributed by atoms with van der Waals surface area (Å²) in [6.07, 6.45) is 2.30. The number of nitrogens with one attached hydrogen (secondary N) is 3. The number of carbonyl (C=O) groups is 1. The maximum Gasteiger partial charge on any atom is 0.255 e. The van der Waals surface area contributed by atoms with Crippen LogP contribution < -0.4 is 16.4 Å². The largest absolute Gasteiger partial charge is 0.368 e. The van der Waals surface area contributed by atoms with E-state index in [9.17, 15) is 4.79 Å². The van der Waals surface area contributed by atoms with Crippen molar-refractivity contribution in [3.05, 3.63) is 52.3 Å². The maximum absolute atomic E-state index is 12.5. The fourth-order valence-corrected chi connectivity index (χ4v) is 3.26. The molecule has 0 spiro atoms. The van der Waals surface area contributed by atoms with Gasteiger partial charge in [-0.05, 0) is 30.7 Å². The van der Waals surface area contributed by atoms with Gasteiger partial charge in [-0.3, -0.25) is 4.79 Å². The molecule has 0 fully saturated rings. The molecule has 0 aliphatic carbocycles. The Balaban J connectivity index is 1.90. The summed E-state index contributed by atoms with van der Waals surface area (Å²) in [6, 6.07) is 7.35. The molecule has 0 radical (unpaired) electrons. The van der Waals surface area contributed by atoms with Gasteiger partial charge in [0.2, 0.25) is 5.95 Å². The number of fused-ring (bicyclic) bond motifs is 1. The minimum atomic E-state index is -0.127. The van der Waals surface area contributed by atoms with Gasteiger partial charge in [-0.2, -0.15) is 0 Å². The quantitative estimate of drug-likeness (QED) is 0.568. The second-order valence-corrected chi connectivity index (χ2v) is 6.48. The first-order valence-corrected chi connectivity index (χ1v) is 8.56. The number of carbonyl (C=O) groups excluding carboxylic acids is 1. The number of benzene rings is 1. The molecule has 0 saturated carbocycles. The summed E-state index contributed by atoms with van der Waals surface area (Å²) >= 11 is 6.24. The zero-order valence-corrected chi connectivity index (χ0v) is 14.8. The van der Waals surface area contributed by atoms with E-state index in [0.717, 1.165) is 16.9 Å². The van der Waals surface area contributed by atoms with Crippen LogP contribution in [0.1, 0.15) is 21.6 Å². The van der Waals surface area contributed by atoms with E-state index < -0.39 is 0 Å². The SMILES string of the molecule is Cc1c(Cl)cccc1Nc1c(-c2ccnc(N)n2)[nH]c2c1C(=O)NCC2. The number of aromatic amines is 1. The molecule has 1 aliphatic heterocycles. The molecule has 7 nitrogen and oxygen atoms in total. The molecule has 0 atom stereocenters. The van der Waals surface area contributed by atoms with Crippen molar-refractivity contribution >= 4 is 34.8 Å². The zero-order valence-electron chi connectivity index (χ0n) is 14.1. The van der Waals surface area contributed by atoms with Gasteiger partial charge in [0.15, 0.2) is 0 Å². The van der Waals surface area contributed by atoms with Gasteiger partial charge in [0.25, 0.3) is 5.91 Å². The molecular weight excluding hydrogens is 352 g/mol. The summed E-state index contributed by atoms with van der Waals surface area (Å²) < 4.78 is 0. The Morgan fingerprint density at radius 3 is 2.96 bits per heavy atom. The van der Waals surface area contributed by atoms with Crippen LogP contribution in [0, 0.1) is 6.92 Å². The average Bonchev–Trinajstić information content (AvgIpc) is 2.99. The molecule has 3 aromatic rings. The molecule has 26 heavy (non-hydrogen) atoms. The molecule has 132 valence electrons. The molecule has 0 bridgehead atoms. The summed E-state index contributed by atoms with van der Waals surface area (Å²) in [5.74, 6) is 0.0439. The first kappa shape index (κ1) is 16.4. The van der Waals surface area contributed by atoms with E-state index in [0.29, 0.717) is 40.6 Å². The zero-order chi connectivity index (χ0) is 18.3. The number of amides is 1. The minimum absolute atomic E-state index is 0.127. The number of aromatic nitrogens is 3. The lowest BCUT2D eigenvalue weighted by Crippen LogP contribution is -2.31. The Hall–Kier alpha value is -3.06. The number of H-pyrrole nitrogens is 1. The van der Waals surface area contributed by atoms with Crippen LogP contribution in [0.15, 0.2) is 30.5 Å². The number of anilines is 3. The third-order valence-corrected chi connectivity index (χ3v) is 4.83. The summed E-state index contributed by atoms with van der Waals surface area (Å²) in [7, 11) is 0. The van der Waals surface area contributed by atoms with Gasteiger partial charge in [-0.1, -0.05) is 17.7 Å². The molecule has 2 aromatic heterocycles. The Kier molecular flexibility index (Phi) is 4.00. The summed E-state index contributed by atoms with van der Waals surface area (Å²) in [5, 5.41) is 6.89. The molecule has 4 rings (SSSR count). The van der Waals surface area contributed by atoms with Crippen LogP contribution >= 0.6 is 11.6 Å². The molecule has 3 heterocycles. The van der Waals surface area contributed by atoms with Gasteiger partial charge >= 0.3 is 0 Å². The lowest BCUT2D eigenvalue weighted by Gasteiger charge is -2.16. The molecule has 0 saturated heterocycles. The van der Waals surface area contributed by atoms with Crippen LogP contribution in [0.25, 0.3) is 11.4 Å². The van der Waals surface area contributed by atoms with Gasteiger partial charge in [0.05, 0.1) is 22.6 Å². The first-order valence-electron chi connectivity index (χ1n) is 8.18. The molecule has 1 aliphatic rings. The summed E-state index contributed by atoms with van der Waals surface area (Å²) in [5.41, 5.74) is 10.9. The standard InChI is InChI=1S/C18H17ClN6O/c1-9-10(19)3-2-4-11(9)23-16-14-12(5-7-21-17(14)26)24-15(16)13-6-8-22-18(20)25-13/h2-4,6,8,23-24H,5,7H2,1H3,(H,21,26)(H2,20,22,25). The van der Waals surface area contributed by atoms with Gasteiger partial charge in [-0.15, -0.1) is 0 Å². The lowest BCUT2D eigenvalue weighted by atomic mass is 10.1. The average molecular weight is 369 g/mol. The predicted molar refractivity (Wildman–Crippen MR) is 102 cm³/mol. The van der Waals surface area contributed by atoms with Crippen molar-refractivity contribution in [3.63, 3.8) is 0 Å². The van der Waals surface area contributed by atoms with Crippen molar-refractivity contribution < 1.29 is 4.79 Å². The minimum Gasteiger partial charge on any atom is -0.368 e. The van der Waals surface area contributed by atoms with Crippen LogP contribution in [0.5, 0.6) is 0 Å². The topological polar surface area (TPSA) is 109 Å². The second kappa shape index (κ2) is 6.34. The van der Waals surface area contributed by atoms with Crippen LogP contribution in [0.4, 0.5) is 17.3 Å². The van der Waals surface area contributed by atoms with Crippen molar-refractivity contribution in [1.29, 1.82) is 0 Å². The fourth-order valence-electron chi connectivity index (χ4n) is 3.09. The monoisotopic (exact) mass is 368 g/mol. The van der Waals surface area contributed by atoms with E-state index in [4.69, 9.17) is 17.3 Å². The molecule has 0 unspecified atom stereocenters. The third kappa shape index (κ3) is 2.76. The molecule has 5 N–H and O–H groups in total. The van der Waals surface area contributed by atoms with E-state index in [-0.39, 0.29) is 11.9 Å². The van der Waals surface area contributed by atoms with Crippen molar-refractivity contribution in [2.24, 2.45) is 0 Å². The first-order chi connectivity index (χ1) is 12.5. The van der Waals surface area contributed by atoms with E-state index in [2.05, 4.69) is 25.6 Å². The molecular formula is C18H17ClN6O.